The van der Waals surface area contributed by atoms with Gasteiger partial charge in [0, 0.05) is 17.3 Å². The lowest BCUT2D eigenvalue weighted by molar-refractivity contribution is -0.119. The molecule has 3 rings (SSSR count). The Kier molecular flexibility index (Phi) is 5.13. The summed E-state index contributed by atoms with van der Waals surface area (Å²) in [5.74, 6) is 0.547. The van der Waals surface area contributed by atoms with E-state index in [1.807, 2.05) is 74.2 Å². The van der Waals surface area contributed by atoms with Gasteiger partial charge in [-0.1, -0.05) is 44.2 Å². The van der Waals surface area contributed by atoms with Crippen LogP contribution in [0.4, 0.5) is 11.4 Å². The summed E-state index contributed by atoms with van der Waals surface area (Å²) in [5.41, 5.74) is 3.88. The number of hydrogen-bond acceptors (Lipinski definition) is 3. The van der Waals surface area contributed by atoms with Crippen molar-refractivity contribution in [1.29, 1.82) is 0 Å². The Morgan fingerprint density at radius 3 is 2.48 bits per heavy atom. The number of nitrogens with one attached hydrogen (secondary N) is 1. The van der Waals surface area contributed by atoms with Crippen molar-refractivity contribution >= 4 is 35.0 Å². The van der Waals surface area contributed by atoms with Crippen molar-refractivity contribution in [2.75, 3.05) is 16.0 Å². The van der Waals surface area contributed by atoms with E-state index in [1.54, 1.807) is 11.8 Å². The summed E-state index contributed by atoms with van der Waals surface area (Å²) in [7, 11) is 0. The molecule has 1 atom stereocenters. The molecule has 1 saturated heterocycles. The molecule has 0 saturated carbocycles. The smallest absolute Gasteiger partial charge is 0.238 e. The fourth-order valence-electron chi connectivity index (χ4n) is 2.78. The lowest BCUT2D eigenvalue weighted by Gasteiger charge is -2.26. The molecule has 0 aromatic heterocycles. The largest absolute Gasteiger partial charge is 0.326 e. The molecule has 25 heavy (non-hydrogen) atoms. The van der Waals surface area contributed by atoms with Crippen LogP contribution in [0.5, 0.6) is 0 Å². The molecule has 0 spiro atoms. The Labute approximate surface area is 152 Å². The van der Waals surface area contributed by atoms with Gasteiger partial charge in [0.15, 0.2) is 0 Å². The first-order valence-corrected chi connectivity index (χ1v) is 9.42. The molecule has 1 fully saturated rings. The Hall–Kier alpha value is -2.27. The van der Waals surface area contributed by atoms with Crippen LogP contribution in [0.15, 0.2) is 48.5 Å². The summed E-state index contributed by atoms with van der Waals surface area (Å²) < 4.78 is 0. The number of thioether (sulfide) groups is 1. The van der Waals surface area contributed by atoms with E-state index in [1.165, 1.54) is 0 Å². The van der Waals surface area contributed by atoms with Crippen LogP contribution in [0.3, 0.4) is 0 Å². The van der Waals surface area contributed by atoms with Crippen molar-refractivity contribution in [1.82, 2.24) is 0 Å². The van der Waals surface area contributed by atoms with Gasteiger partial charge in [0.05, 0.1) is 5.75 Å². The quantitative estimate of drug-likeness (QED) is 0.887. The van der Waals surface area contributed by atoms with Gasteiger partial charge in [0.25, 0.3) is 0 Å². The minimum absolute atomic E-state index is 0.000272. The molecule has 2 amide bonds. The minimum Gasteiger partial charge on any atom is -0.326 e. The molecule has 5 heteroatoms. The zero-order chi connectivity index (χ0) is 18.0. The molecule has 2 aromatic rings. The van der Waals surface area contributed by atoms with Gasteiger partial charge in [-0.15, -0.1) is 11.8 Å². The van der Waals surface area contributed by atoms with Gasteiger partial charge in [-0.25, -0.2) is 0 Å². The molecular formula is C20H22N2O2S. The van der Waals surface area contributed by atoms with E-state index in [-0.39, 0.29) is 23.1 Å². The van der Waals surface area contributed by atoms with Gasteiger partial charge in [-0.05, 0) is 36.2 Å². The summed E-state index contributed by atoms with van der Waals surface area (Å²) in [6.45, 7) is 5.75. The molecule has 1 aliphatic heterocycles. The molecule has 2 aromatic carbocycles. The normalized spacial score (nSPS) is 17.2. The topological polar surface area (TPSA) is 49.4 Å². The van der Waals surface area contributed by atoms with Crippen LogP contribution < -0.4 is 10.2 Å². The average Bonchev–Trinajstić information content (AvgIpc) is 2.97. The summed E-state index contributed by atoms with van der Waals surface area (Å²) in [4.78, 5) is 26.1. The van der Waals surface area contributed by atoms with Crippen molar-refractivity contribution < 1.29 is 9.59 Å². The van der Waals surface area contributed by atoms with Crippen molar-refractivity contribution in [2.24, 2.45) is 5.92 Å². The highest BCUT2D eigenvalue weighted by atomic mass is 32.2. The minimum atomic E-state index is -0.0563. The fourth-order valence-corrected chi connectivity index (χ4v) is 3.95. The molecule has 0 radical (unpaired) electrons. The highest BCUT2D eigenvalue weighted by Gasteiger charge is 2.34. The SMILES string of the molecule is Cc1ccccc1N1C(=O)CSC1c1ccc(NC(=O)C(C)C)cc1. The Morgan fingerprint density at radius 1 is 1.16 bits per heavy atom. The first-order chi connectivity index (χ1) is 12.0. The van der Waals surface area contributed by atoms with E-state index in [0.29, 0.717) is 5.75 Å². The molecular weight excluding hydrogens is 332 g/mol. The number of benzene rings is 2. The van der Waals surface area contributed by atoms with Crippen LogP contribution in [0.25, 0.3) is 0 Å². The van der Waals surface area contributed by atoms with Crippen molar-refractivity contribution in [2.45, 2.75) is 26.1 Å². The third-order valence-corrected chi connectivity index (χ3v) is 5.44. The zero-order valence-electron chi connectivity index (χ0n) is 14.7. The number of aryl methyl sites for hydroxylation is 1. The van der Waals surface area contributed by atoms with E-state index < -0.39 is 0 Å². The monoisotopic (exact) mass is 354 g/mol. The first-order valence-electron chi connectivity index (χ1n) is 8.37. The maximum absolute atomic E-state index is 12.4. The number of rotatable bonds is 4. The van der Waals surface area contributed by atoms with Crippen LogP contribution in [0, 0.1) is 12.8 Å². The average molecular weight is 354 g/mol. The molecule has 1 aliphatic rings. The fraction of sp³-hybridized carbons (Fsp3) is 0.300. The van der Waals surface area contributed by atoms with Crippen LogP contribution >= 0.6 is 11.8 Å². The van der Waals surface area contributed by atoms with Crippen molar-refractivity contribution in [3.63, 3.8) is 0 Å². The van der Waals surface area contributed by atoms with Gasteiger partial charge >= 0.3 is 0 Å². The molecule has 1 heterocycles. The summed E-state index contributed by atoms with van der Waals surface area (Å²) >= 11 is 1.63. The van der Waals surface area contributed by atoms with Crippen LogP contribution in [-0.2, 0) is 9.59 Å². The third-order valence-electron chi connectivity index (χ3n) is 4.23. The van der Waals surface area contributed by atoms with Gasteiger partial charge in [-0.3, -0.25) is 14.5 Å². The zero-order valence-corrected chi connectivity index (χ0v) is 15.5. The van der Waals surface area contributed by atoms with Crippen LogP contribution in [0.2, 0.25) is 0 Å². The Balaban J connectivity index is 1.84. The first kappa shape index (κ1) is 17.5. The number of anilines is 2. The van der Waals surface area contributed by atoms with E-state index in [9.17, 15) is 9.59 Å². The number of carbonyl (C=O) groups excluding carboxylic acids is 2. The predicted molar refractivity (Wildman–Crippen MR) is 104 cm³/mol. The molecule has 1 unspecified atom stereocenters. The Morgan fingerprint density at radius 2 is 1.84 bits per heavy atom. The highest BCUT2D eigenvalue weighted by molar-refractivity contribution is 8.00. The maximum Gasteiger partial charge on any atom is 0.238 e. The number of nitrogens with zero attached hydrogens (tertiary/aromatic N) is 1. The second-order valence-electron chi connectivity index (χ2n) is 6.48. The lowest BCUT2D eigenvalue weighted by Crippen LogP contribution is -2.28. The molecule has 130 valence electrons. The maximum atomic E-state index is 12.4. The van der Waals surface area contributed by atoms with E-state index in [0.717, 1.165) is 22.5 Å². The van der Waals surface area contributed by atoms with Crippen LogP contribution in [-0.4, -0.2) is 17.6 Å². The van der Waals surface area contributed by atoms with Gasteiger partial charge in [0.1, 0.15) is 5.37 Å². The molecule has 1 N–H and O–H groups in total. The second kappa shape index (κ2) is 7.31. The molecule has 0 bridgehead atoms. The lowest BCUT2D eigenvalue weighted by atomic mass is 10.1. The van der Waals surface area contributed by atoms with E-state index in [2.05, 4.69) is 5.32 Å². The van der Waals surface area contributed by atoms with E-state index in [4.69, 9.17) is 0 Å². The molecule has 4 nitrogen and oxygen atoms in total. The summed E-state index contributed by atoms with van der Waals surface area (Å²) in [5, 5.41) is 2.86. The number of para-hydroxylation sites is 1. The van der Waals surface area contributed by atoms with E-state index >= 15 is 0 Å². The van der Waals surface area contributed by atoms with Crippen molar-refractivity contribution in [3.05, 3.63) is 59.7 Å². The third kappa shape index (κ3) is 3.71. The summed E-state index contributed by atoms with van der Waals surface area (Å²) in [6, 6.07) is 15.7. The Bertz CT molecular complexity index is 787. The van der Waals surface area contributed by atoms with Gasteiger partial charge in [0.2, 0.25) is 11.8 Å². The highest BCUT2D eigenvalue weighted by Crippen LogP contribution is 2.42. The second-order valence-corrected chi connectivity index (χ2v) is 7.55. The predicted octanol–water partition coefficient (Wildman–Crippen LogP) is 4.37. The number of hydrogen-bond donors (Lipinski definition) is 1. The number of carbonyl (C=O) groups is 2. The van der Waals surface area contributed by atoms with Gasteiger partial charge in [-0.2, -0.15) is 0 Å². The van der Waals surface area contributed by atoms with Gasteiger partial charge < -0.3 is 5.32 Å². The molecule has 0 aliphatic carbocycles. The van der Waals surface area contributed by atoms with Crippen molar-refractivity contribution in [3.8, 4) is 0 Å². The van der Waals surface area contributed by atoms with Crippen LogP contribution in [0.1, 0.15) is 30.3 Å². The number of amides is 2. The standard InChI is InChI=1S/C20H22N2O2S/c1-13(2)19(24)21-16-10-8-15(9-11-16)20-22(18(23)12-25-20)17-7-5-4-6-14(17)3/h4-11,13,20H,12H2,1-3H3,(H,21,24). The summed E-state index contributed by atoms with van der Waals surface area (Å²) in [6.07, 6.45) is 0.